The molecule has 0 radical (unpaired) electrons. The smallest absolute Gasteiger partial charge is 0.162 e. The van der Waals surface area contributed by atoms with Crippen molar-refractivity contribution in [1.29, 1.82) is 0 Å². The van der Waals surface area contributed by atoms with Crippen LogP contribution in [0.1, 0.15) is 42.8 Å². The van der Waals surface area contributed by atoms with Gasteiger partial charge >= 0.3 is 0 Å². The quantitative estimate of drug-likeness (QED) is 0.585. The fraction of sp³-hybridized carbons (Fsp3) is 0.292. The SMILES string of the molecule is COc1ccc(C=Cc2[nH]c(C)nc2-c2ccccc2)cc1OC1CCCC1. The second-order valence-corrected chi connectivity index (χ2v) is 7.22. The number of hydrogen-bond donors (Lipinski definition) is 1. The maximum absolute atomic E-state index is 6.21. The molecule has 1 fully saturated rings. The van der Waals surface area contributed by atoms with Gasteiger partial charge in [0.05, 0.1) is 24.6 Å². The first-order chi connectivity index (χ1) is 13.7. The van der Waals surface area contributed by atoms with Gasteiger partial charge in [0.1, 0.15) is 5.82 Å². The first kappa shape index (κ1) is 18.4. The van der Waals surface area contributed by atoms with E-state index in [4.69, 9.17) is 9.47 Å². The molecular weight excluding hydrogens is 348 g/mol. The fourth-order valence-corrected chi connectivity index (χ4v) is 3.70. The summed E-state index contributed by atoms with van der Waals surface area (Å²) in [5.74, 6) is 2.51. The Labute approximate surface area is 166 Å². The summed E-state index contributed by atoms with van der Waals surface area (Å²) in [6, 6.07) is 16.3. The van der Waals surface area contributed by atoms with E-state index >= 15 is 0 Å². The van der Waals surface area contributed by atoms with Gasteiger partial charge in [-0.05, 0) is 56.4 Å². The Hall–Kier alpha value is -3.01. The zero-order valence-electron chi connectivity index (χ0n) is 16.4. The van der Waals surface area contributed by atoms with Crippen molar-refractivity contribution in [3.05, 3.63) is 65.6 Å². The normalized spacial score (nSPS) is 14.6. The molecule has 28 heavy (non-hydrogen) atoms. The van der Waals surface area contributed by atoms with Crippen LogP contribution in [0, 0.1) is 6.92 Å². The van der Waals surface area contributed by atoms with Crippen LogP contribution >= 0.6 is 0 Å². The number of rotatable bonds is 6. The minimum absolute atomic E-state index is 0.299. The third kappa shape index (κ3) is 4.11. The molecule has 4 heteroatoms. The number of nitrogens with one attached hydrogen (secondary N) is 1. The van der Waals surface area contributed by atoms with Crippen molar-refractivity contribution in [2.45, 2.75) is 38.7 Å². The lowest BCUT2D eigenvalue weighted by molar-refractivity contribution is 0.201. The standard InChI is InChI=1S/C24H26N2O2/c1-17-25-21(24(26-17)19-8-4-3-5-9-19)14-12-18-13-15-22(27-2)23(16-18)28-20-10-6-7-11-20/h3-5,8-9,12-16,20H,6-7,10-11H2,1-2H3,(H,25,26). The molecule has 1 saturated carbocycles. The molecule has 144 valence electrons. The second-order valence-electron chi connectivity index (χ2n) is 7.22. The van der Waals surface area contributed by atoms with Crippen molar-refractivity contribution in [2.75, 3.05) is 7.11 Å². The van der Waals surface area contributed by atoms with E-state index < -0.39 is 0 Å². The molecule has 0 spiro atoms. The molecule has 1 aliphatic rings. The maximum Gasteiger partial charge on any atom is 0.162 e. The zero-order chi connectivity index (χ0) is 19.3. The van der Waals surface area contributed by atoms with Gasteiger partial charge in [0, 0.05) is 5.56 Å². The fourth-order valence-electron chi connectivity index (χ4n) is 3.70. The molecule has 1 aliphatic carbocycles. The van der Waals surface area contributed by atoms with E-state index in [-0.39, 0.29) is 0 Å². The monoisotopic (exact) mass is 374 g/mol. The second kappa shape index (κ2) is 8.34. The molecule has 0 unspecified atom stereocenters. The van der Waals surface area contributed by atoms with E-state index in [9.17, 15) is 0 Å². The summed E-state index contributed by atoms with van der Waals surface area (Å²) >= 11 is 0. The molecule has 0 aliphatic heterocycles. The Morgan fingerprint density at radius 1 is 1.00 bits per heavy atom. The molecule has 0 amide bonds. The maximum atomic E-state index is 6.21. The average molecular weight is 374 g/mol. The Morgan fingerprint density at radius 2 is 1.79 bits per heavy atom. The zero-order valence-corrected chi connectivity index (χ0v) is 16.4. The van der Waals surface area contributed by atoms with Crippen molar-refractivity contribution in [1.82, 2.24) is 9.97 Å². The molecule has 1 aromatic heterocycles. The predicted octanol–water partition coefficient (Wildman–Crippen LogP) is 5.89. The van der Waals surface area contributed by atoms with E-state index in [2.05, 4.69) is 40.3 Å². The summed E-state index contributed by atoms with van der Waals surface area (Å²) in [6.07, 6.45) is 9.19. The van der Waals surface area contributed by atoms with E-state index in [1.54, 1.807) is 7.11 Å². The number of hydrogen-bond acceptors (Lipinski definition) is 3. The summed E-state index contributed by atoms with van der Waals surface area (Å²) in [5.41, 5.74) is 4.13. The first-order valence-electron chi connectivity index (χ1n) is 9.88. The van der Waals surface area contributed by atoms with Crippen LogP contribution in [0.4, 0.5) is 0 Å². The average Bonchev–Trinajstić information content (AvgIpc) is 3.36. The highest BCUT2D eigenvalue weighted by atomic mass is 16.5. The molecule has 4 rings (SSSR count). The van der Waals surface area contributed by atoms with Crippen LogP contribution in [0.3, 0.4) is 0 Å². The van der Waals surface area contributed by atoms with Crippen LogP contribution in [0.15, 0.2) is 48.5 Å². The molecule has 0 saturated heterocycles. The molecular formula is C24H26N2O2. The van der Waals surface area contributed by atoms with E-state index in [0.717, 1.165) is 52.7 Å². The van der Waals surface area contributed by atoms with Crippen LogP contribution in [0.5, 0.6) is 11.5 Å². The van der Waals surface area contributed by atoms with Gasteiger partial charge in [0.25, 0.3) is 0 Å². The summed E-state index contributed by atoms with van der Waals surface area (Å²) in [6.45, 7) is 1.98. The minimum Gasteiger partial charge on any atom is -0.493 e. The lowest BCUT2D eigenvalue weighted by atomic mass is 10.1. The number of imidazole rings is 1. The van der Waals surface area contributed by atoms with Crippen LogP contribution in [-0.4, -0.2) is 23.2 Å². The Bertz CT molecular complexity index is 954. The minimum atomic E-state index is 0.299. The first-order valence-corrected chi connectivity index (χ1v) is 9.88. The van der Waals surface area contributed by atoms with Gasteiger partial charge in [-0.25, -0.2) is 4.98 Å². The van der Waals surface area contributed by atoms with Crippen molar-refractivity contribution in [3.63, 3.8) is 0 Å². The van der Waals surface area contributed by atoms with Gasteiger partial charge in [0.2, 0.25) is 0 Å². The van der Waals surface area contributed by atoms with E-state index in [1.807, 2.05) is 37.3 Å². The number of aromatic amines is 1. The molecule has 4 nitrogen and oxygen atoms in total. The lowest BCUT2D eigenvalue weighted by Crippen LogP contribution is -2.11. The van der Waals surface area contributed by atoms with Gasteiger partial charge in [0.15, 0.2) is 11.5 Å². The van der Waals surface area contributed by atoms with Crippen LogP contribution < -0.4 is 9.47 Å². The molecule has 2 aromatic carbocycles. The molecule has 0 bridgehead atoms. The highest BCUT2D eigenvalue weighted by Crippen LogP contribution is 2.33. The van der Waals surface area contributed by atoms with Crippen molar-refractivity contribution in [3.8, 4) is 22.8 Å². The third-order valence-electron chi connectivity index (χ3n) is 5.12. The number of benzene rings is 2. The number of methoxy groups -OCH3 is 1. The lowest BCUT2D eigenvalue weighted by Gasteiger charge is -2.16. The van der Waals surface area contributed by atoms with Crippen molar-refractivity contribution >= 4 is 12.2 Å². The Morgan fingerprint density at radius 3 is 2.54 bits per heavy atom. The van der Waals surface area contributed by atoms with Gasteiger partial charge in [-0.1, -0.05) is 42.5 Å². The Kier molecular flexibility index (Phi) is 5.47. The molecule has 0 atom stereocenters. The van der Waals surface area contributed by atoms with Crippen LogP contribution in [0.25, 0.3) is 23.4 Å². The highest BCUT2D eigenvalue weighted by molar-refractivity contribution is 5.77. The van der Waals surface area contributed by atoms with Gasteiger partial charge < -0.3 is 14.5 Å². The molecule has 1 heterocycles. The summed E-state index contributed by atoms with van der Waals surface area (Å²) in [7, 11) is 1.69. The summed E-state index contributed by atoms with van der Waals surface area (Å²) in [4.78, 5) is 8.01. The van der Waals surface area contributed by atoms with Crippen molar-refractivity contribution < 1.29 is 9.47 Å². The van der Waals surface area contributed by atoms with Crippen molar-refractivity contribution in [2.24, 2.45) is 0 Å². The predicted molar refractivity (Wildman–Crippen MR) is 114 cm³/mol. The topological polar surface area (TPSA) is 47.1 Å². The van der Waals surface area contributed by atoms with Gasteiger partial charge in [-0.15, -0.1) is 0 Å². The summed E-state index contributed by atoms with van der Waals surface area (Å²) < 4.78 is 11.7. The van der Waals surface area contributed by atoms with Gasteiger partial charge in [-0.3, -0.25) is 0 Å². The summed E-state index contributed by atoms with van der Waals surface area (Å²) in [5, 5.41) is 0. The number of ether oxygens (including phenoxy) is 2. The number of nitrogens with zero attached hydrogens (tertiary/aromatic N) is 1. The molecule has 3 aromatic rings. The van der Waals surface area contributed by atoms with Crippen LogP contribution in [-0.2, 0) is 0 Å². The number of aromatic nitrogens is 2. The largest absolute Gasteiger partial charge is 0.493 e. The number of H-pyrrole nitrogens is 1. The van der Waals surface area contributed by atoms with E-state index in [1.165, 1.54) is 12.8 Å². The van der Waals surface area contributed by atoms with Crippen LogP contribution in [0.2, 0.25) is 0 Å². The number of aryl methyl sites for hydroxylation is 1. The third-order valence-corrected chi connectivity index (χ3v) is 5.12. The van der Waals surface area contributed by atoms with E-state index in [0.29, 0.717) is 6.10 Å². The molecule has 1 N–H and O–H groups in total. The highest BCUT2D eigenvalue weighted by Gasteiger charge is 2.18. The van der Waals surface area contributed by atoms with Gasteiger partial charge in [-0.2, -0.15) is 0 Å². The Balaban J connectivity index is 1.60.